The highest BCUT2D eigenvalue weighted by Crippen LogP contribution is 2.16. The monoisotopic (exact) mass is 306 g/mol. The third kappa shape index (κ3) is 3.13. The maximum atomic E-state index is 12.1. The normalized spacial score (nSPS) is 10.7. The molecule has 2 rings (SSSR count). The van der Waals surface area contributed by atoms with Crippen molar-refractivity contribution in [2.45, 2.75) is 40.4 Å². The van der Waals surface area contributed by atoms with E-state index in [0.717, 1.165) is 17.8 Å². The molecule has 118 valence electrons. The quantitative estimate of drug-likeness (QED) is 0.638. The lowest BCUT2D eigenvalue weighted by atomic mass is 10.2. The van der Waals surface area contributed by atoms with Crippen molar-refractivity contribution in [3.8, 4) is 0 Å². The molecule has 2 aromatic rings. The van der Waals surface area contributed by atoms with E-state index in [2.05, 4.69) is 15.5 Å². The standard InChI is InChI=1S/C13H18N6O3/c1-4-17-7-10(9(3)15-17)6-14-13(20)12-11(19(21)22)8-18(5-2)16-12/h7-8H,4-6H2,1-3H3,(H,14,20). The van der Waals surface area contributed by atoms with Gasteiger partial charge in [0.1, 0.15) is 6.20 Å². The minimum atomic E-state index is -0.603. The molecule has 1 N–H and O–H groups in total. The van der Waals surface area contributed by atoms with Gasteiger partial charge >= 0.3 is 5.69 Å². The molecule has 0 saturated heterocycles. The number of nitrogens with zero attached hydrogens (tertiary/aromatic N) is 5. The number of nitrogens with one attached hydrogen (secondary N) is 1. The van der Waals surface area contributed by atoms with E-state index in [-0.39, 0.29) is 17.9 Å². The van der Waals surface area contributed by atoms with Gasteiger partial charge in [-0.2, -0.15) is 10.2 Å². The van der Waals surface area contributed by atoms with Crippen LogP contribution in [0.2, 0.25) is 0 Å². The van der Waals surface area contributed by atoms with Gasteiger partial charge in [-0.05, 0) is 20.8 Å². The van der Waals surface area contributed by atoms with Crippen molar-refractivity contribution in [1.82, 2.24) is 24.9 Å². The molecule has 0 unspecified atom stereocenters. The van der Waals surface area contributed by atoms with Crippen LogP contribution in [0, 0.1) is 17.0 Å². The van der Waals surface area contributed by atoms with Crippen LogP contribution in [0.1, 0.15) is 35.6 Å². The average Bonchev–Trinajstić information content (AvgIpc) is 3.08. The number of aromatic nitrogens is 4. The van der Waals surface area contributed by atoms with Crippen LogP contribution in [-0.4, -0.2) is 30.4 Å². The van der Waals surface area contributed by atoms with Crippen LogP contribution in [-0.2, 0) is 19.6 Å². The Balaban J connectivity index is 2.13. The summed E-state index contributed by atoms with van der Waals surface area (Å²) in [4.78, 5) is 22.5. The molecule has 0 atom stereocenters. The molecule has 22 heavy (non-hydrogen) atoms. The molecule has 0 aliphatic carbocycles. The first-order valence-corrected chi connectivity index (χ1v) is 6.99. The summed E-state index contributed by atoms with van der Waals surface area (Å²) in [7, 11) is 0. The average molecular weight is 306 g/mol. The number of hydrogen-bond acceptors (Lipinski definition) is 5. The highest BCUT2D eigenvalue weighted by molar-refractivity contribution is 5.95. The molecule has 2 aromatic heterocycles. The Hall–Kier alpha value is -2.71. The zero-order valence-corrected chi connectivity index (χ0v) is 12.7. The van der Waals surface area contributed by atoms with Crippen LogP contribution < -0.4 is 5.32 Å². The van der Waals surface area contributed by atoms with Crippen molar-refractivity contribution in [2.24, 2.45) is 0 Å². The Labute approximate surface area is 127 Å². The van der Waals surface area contributed by atoms with Crippen LogP contribution >= 0.6 is 0 Å². The van der Waals surface area contributed by atoms with E-state index < -0.39 is 10.8 Å². The Morgan fingerprint density at radius 1 is 1.27 bits per heavy atom. The first-order valence-electron chi connectivity index (χ1n) is 6.99. The topological polar surface area (TPSA) is 108 Å². The molecule has 0 fully saturated rings. The minimum Gasteiger partial charge on any atom is -0.346 e. The first-order chi connectivity index (χ1) is 10.5. The summed E-state index contributed by atoms with van der Waals surface area (Å²) >= 11 is 0. The second-order valence-electron chi connectivity index (χ2n) is 4.75. The maximum absolute atomic E-state index is 12.1. The van der Waals surface area contributed by atoms with Crippen molar-refractivity contribution < 1.29 is 9.72 Å². The number of rotatable bonds is 6. The predicted octanol–water partition coefficient (Wildman–Crippen LogP) is 1.27. The lowest BCUT2D eigenvalue weighted by molar-refractivity contribution is -0.385. The van der Waals surface area contributed by atoms with E-state index in [0.29, 0.717) is 6.54 Å². The number of carbonyl (C=O) groups excluding carboxylic acids is 1. The van der Waals surface area contributed by atoms with E-state index in [9.17, 15) is 14.9 Å². The van der Waals surface area contributed by atoms with Gasteiger partial charge in [-0.3, -0.25) is 24.3 Å². The fourth-order valence-corrected chi connectivity index (χ4v) is 2.02. The zero-order valence-electron chi connectivity index (χ0n) is 12.7. The molecule has 1 amide bonds. The SMILES string of the molecule is CCn1cc(CNC(=O)c2nn(CC)cc2[N+](=O)[O-])c(C)n1. The van der Waals surface area contributed by atoms with Crippen molar-refractivity contribution in [1.29, 1.82) is 0 Å². The second kappa shape index (κ2) is 6.37. The summed E-state index contributed by atoms with van der Waals surface area (Å²) in [5, 5.41) is 21.9. The van der Waals surface area contributed by atoms with Crippen LogP contribution in [0.15, 0.2) is 12.4 Å². The van der Waals surface area contributed by atoms with Crippen LogP contribution in [0.3, 0.4) is 0 Å². The van der Waals surface area contributed by atoms with Gasteiger partial charge in [0.25, 0.3) is 5.91 Å². The van der Waals surface area contributed by atoms with Crippen LogP contribution in [0.5, 0.6) is 0 Å². The Morgan fingerprint density at radius 2 is 1.91 bits per heavy atom. The fourth-order valence-electron chi connectivity index (χ4n) is 2.02. The first kappa shape index (κ1) is 15.7. The predicted molar refractivity (Wildman–Crippen MR) is 78.4 cm³/mol. The molecular weight excluding hydrogens is 288 g/mol. The molecule has 0 radical (unpaired) electrons. The number of amides is 1. The van der Waals surface area contributed by atoms with Crippen molar-refractivity contribution in [3.05, 3.63) is 39.5 Å². The third-order valence-electron chi connectivity index (χ3n) is 3.29. The van der Waals surface area contributed by atoms with Crippen molar-refractivity contribution >= 4 is 11.6 Å². The highest BCUT2D eigenvalue weighted by atomic mass is 16.6. The molecule has 0 saturated carbocycles. The fraction of sp³-hybridized carbons (Fsp3) is 0.462. The number of carbonyl (C=O) groups is 1. The summed E-state index contributed by atoms with van der Waals surface area (Å²) < 4.78 is 3.14. The number of aryl methyl sites for hydroxylation is 3. The summed E-state index contributed by atoms with van der Waals surface area (Å²) in [6, 6.07) is 0. The smallest absolute Gasteiger partial charge is 0.320 e. The molecule has 0 bridgehead atoms. The molecule has 0 aliphatic heterocycles. The maximum Gasteiger partial charge on any atom is 0.320 e. The van der Waals surface area contributed by atoms with E-state index in [1.165, 1.54) is 10.9 Å². The lowest BCUT2D eigenvalue weighted by Gasteiger charge is -2.01. The molecular formula is C13H18N6O3. The van der Waals surface area contributed by atoms with E-state index in [1.807, 2.05) is 20.0 Å². The van der Waals surface area contributed by atoms with Gasteiger partial charge < -0.3 is 5.32 Å². The third-order valence-corrected chi connectivity index (χ3v) is 3.29. The zero-order chi connectivity index (χ0) is 16.3. The molecule has 0 aromatic carbocycles. The van der Waals surface area contributed by atoms with Gasteiger partial charge in [0.05, 0.1) is 10.6 Å². The molecule has 0 spiro atoms. The van der Waals surface area contributed by atoms with E-state index >= 15 is 0 Å². The largest absolute Gasteiger partial charge is 0.346 e. The summed E-state index contributed by atoms with van der Waals surface area (Å²) in [5.41, 5.74) is 1.22. The molecule has 9 heteroatoms. The summed E-state index contributed by atoms with van der Waals surface area (Å²) in [6.07, 6.45) is 3.10. The van der Waals surface area contributed by atoms with Gasteiger partial charge in [-0.15, -0.1) is 0 Å². The van der Waals surface area contributed by atoms with Gasteiger partial charge in [-0.25, -0.2) is 0 Å². The van der Waals surface area contributed by atoms with Gasteiger partial charge in [0.2, 0.25) is 5.69 Å². The van der Waals surface area contributed by atoms with E-state index in [4.69, 9.17) is 0 Å². The van der Waals surface area contributed by atoms with Crippen molar-refractivity contribution in [3.63, 3.8) is 0 Å². The Morgan fingerprint density at radius 3 is 2.45 bits per heavy atom. The minimum absolute atomic E-state index is 0.174. The summed E-state index contributed by atoms with van der Waals surface area (Å²) in [5.74, 6) is -0.567. The lowest BCUT2D eigenvalue weighted by Crippen LogP contribution is -2.24. The Kier molecular flexibility index (Phi) is 4.54. The Bertz CT molecular complexity index is 703. The molecule has 9 nitrogen and oxygen atoms in total. The summed E-state index contributed by atoms with van der Waals surface area (Å²) in [6.45, 7) is 7.05. The van der Waals surface area contributed by atoms with Crippen LogP contribution in [0.25, 0.3) is 0 Å². The van der Waals surface area contributed by atoms with Gasteiger partial charge in [0.15, 0.2) is 0 Å². The van der Waals surface area contributed by atoms with Gasteiger partial charge in [-0.1, -0.05) is 0 Å². The van der Waals surface area contributed by atoms with Crippen molar-refractivity contribution in [2.75, 3.05) is 0 Å². The van der Waals surface area contributed by atoms with E-state index in [1.54, 1.807) is 11.6 Å². The number of hydrogen-bond donors (Lipinski definition) is 1. The number of nitro groups is 1. The molecule has 0 aliphatic rings. The molecule has 2 heterocycles. The second-order valence-corrected chi connectivity index (χ2v) is 4.75. The van der Waals surface area contributed by atoms with Gasteiger partial charge in [0, 0.05) is 31.4 Å². The highest BCUT2D eigenvalue weighted by Gasteiger charge is 2.25. The van der Waals surface area contributed by atoms with Crippen LogP contribution in [0.4, 0.5) is 5.69 Å².